The van der Waals surface area contributed by atoms with Gasteiger partial charge in [0.1, 0.15) is 36.3 Å². The Labute approximate surface area is 344 Å². The average molecular weight is 811 g/mol. The number of aryl methyl sites for hydroxylation is 1. The Bertz CT molecular complexity index is 1100. The zero-order valence-corrected chi connectivity index (χ0v) is 35.6. The molecule has 8 N–H and O–H groups in total. The van der Waals surface area contributed by atoms with Gasteiger partial charge in [0.2, 0.25) is 5.91 Å². The van der Waals surface area contributed by atoms with Crippen LogP contribution in [0.4, 0.5) is 0 Å². The molecular weight excluding hydrogens is 728 g/mol. The van der Waals surface area contributed by atoms with E-state index in [9.17, 15) is 30.3 Å². The van der Waals surface area contributed by atoms with Crippen molar-refractivity contribution >= 4 is 5.91 Å². The van der Waals surface area contributed by atoms with E-state index in [1.165, 1.54) is 56.9 Å². The van der Waals surface area contributed by atoms with Crippen LogP contribution in [0.25, 0.3) is 0 Å². The Balaban J connectivity index is 1.84. The predicted molar refractivity (Wildman–Crippen MR) is 225 cm³/mol. The minimum Gasteiger partial charge on any atom is -0.497 e. The molecule has 1 saturated heterocycles. The van der Waals surface area contributed by atoms with Crippen molar-refractivity contribution in [3.05, 3.63) is 29.8 Å². The highest BCUT2D eigenvalue weighted by Crippen LogP contribution is 2.24. The molecule has 1 aromatic carbocycles. The van der Waals surface area contributed by atoms with Crippen molar-refractivity contribution in [3.8, 4) is 5.75 Å². The van der Waals surface area contributed by atoms with Gasteiger partial charge in [-0.3, -0.25) is 4.79 Å². The molecule has 1 aliphatic heterocycles. The fourth-order valence-corrected chi connectivity index (χ4v) is 7.37. The van der Waals surface area contributed by atoms with Crippen LogP contribution < -0.4 is 15.8 Å². The third-order valence-electron chi connectivity index (χ3n) is 11.2. The van der Waals surface area contributed by atoms with Crippen molar-refractivity contribution in [2.75, 3.05) is 33.5 Å². The lowest BCUT2D eigenvalue weighted by atomic mass is 9.98. The van der Waals surface area contributed by atoms with Crippen LogP contribution in [0, 0.1) is 0 Å². The second kappa shape index (κ2) is 32.9. The van der Waals surface area contributed by atoms with E-state index in [4.69, 9.17) is 24.7 Å². The van der Waals surface area contributed by atoms with Crippen LogP contribution in [-0.2, 0) is 25.4 Å². The maximum Gasteiger partial charge on any atom is 0.220 e. The minimum absolute atomic E-state index is 0.0102. The summed E-state index contributed by atoms with van der Waals surface area (Å²) in [6.07, 6.45) is 15.1. The molecule has 1 amide bonds. The summed E-state index contributed by atoms with van der Waals surface area (Å²) in [5.41, 5.74) is 6.82. The average Bonchev–Trinajstić information content (AvgIpc) is 3.22. The van der Waals surface area contributed by atoms with Gasteiger partial charge < -0.3 is 55.5 Å². The molecule has 0 radical (unpaired) electrons. The molecule has 0 bridgehead atoms. The first-order valence-electron chi connectivity index (χ1n) is 22.6. The van der Waals surface area contributed by atoms with Gasteiger partial charge in [0.25, 0.3) is 0 Å². The first-order chi connectivity index (χ1) is 27.7. The molecule has 2 rings (SSSR count). The normalized spacial score (nSPS) is 21.3. The molecule has 5 unspecified atom stereocenters. The summed E-state index contributed by atoms with van der Waals surface area (Å²) >= 11 is 0. The van der Waals surface area contributed by atoms with E-state index in [-0.39, 0.29) is 25.5 Å². The van der Waals surface area contributed by atoms with Crippen molar-refractivity contribution in [1.29, 1.82) is 0 Å². The number of nitrogens with two attached hydrogens (primary N) is 1. The second-order valence-electron chi connectivity index (χ2n) is 16.2. The molecule has 1 heterocycles. The lowest BCUT2D eigenvalue weighted by Gasteiger charge is -2.40. The fourth-order valence-electron chi connectivity index (χ4n) is 7.37. The van der Waals surface area contributed by atoms with Gasteiger partial charge in [0.05, 0.1) is 32.5 Å². The van der Waals surface area contributed by atoms with Crippen molar-refractivity contribution in [2.24, 2.45) is 5.73 Å². The fraction of sp³-hybridized carbons (Fsp3) is 0.844. The number of hydrogen-bond donors (Lipinski definition) is 7. The second-order valence-corrected chi connectivity index (χ2v) is 16.2. The smallest absolute Gasteiger partial charge is 0.220 e. The monoisotopic (exact) mass is 811 g/mol. The largest absolute Gasteiger partial charge is 0.497 e. The molecule has 8 atom stereocenters. The number of nitrogens with one attached hydrogen (secondary N) is 1. The number of rotatable bonds is 36. The van der Waals surface area contributed by atoms with E-state index in [0.29, 0.717) is 26.0 Å². The van der Waals surface area contributed by atoms with Crippen LogP contribution in [0.15, 0.2) is 24.3 Å². The molecule has 0 spiro atoms. The summed E-state index contributed by atoms with van der Waals surface area (Å²) in [5, 5.41) is 57.0. The van der Waals surface area contributed by atoms with Crippen LogP contribution in [-0.4, -0.2) is 114 Å². The molecule has 332 valence electrons. The SMILES string of the molecule is CCCCCCCCCCCCCC[C@@H](O)[C@@H](O)[C@H](COC1OC(COCCCCCCN)C(O)C(O)C1O)NC(=O)CCCCCCCc1ccc(OC)cc1. The van der Waals surface area contributed by atoms with Crippen LogP contribution in [0.1, 0.15) is 160 Å². The van der Waals surface area contributed by atoms with Crippen LogP contribution in [0.2, 0.25) is 0 Å². The predicted octanol–water partition coefficient (Wildman–Crippen LogP) is 6.24. The Kier molecular flexibility index (Phi) is 29.6. The number of carbonyl (C=O) groups excluding carboxylic acids is 1. The number of methoxy groups -OCH3 is 1. The van der Waals surface area contributed by atoms with E-state index in [2.05, 4.69) is 24.4 Å². The number of amides is 1. The third kappa shape index (κ3) is 22.9. The maximum atomic E-state index is 13.1. The van der Waals surface area contributed by atoms with Crippen molar-refractivity contribution in [1.82, 2.24) is 5.32 Å². The summed E-state index contributed by atoms with van der Waals surface area (Å²) in [7, 11) is 1.66. The lowest BCUT2D eigenvalue weighted by Crippen LogP contribution is -2.60. The Hall–Kier alpha value is -1.87. The van der Waals surface area contributed by atoms with E-state index in [1.54, 1.807) is 7.11 Å². The molecular formula is C45H82N2O10. The first-order valence-corrected chi connectivity index (χ1v) is 22.6. The Morgan fingerprint density at radius 2 is 1.33 bits per heavy atom. The lowest BCUT2D eigenvalue weighted by molar-refractivity contribution is -0.304. The van der Waals surface area contributed by atoms with Gasteiger partial charge >= 0.3 is 0 Å². The number of ether oxygens (including phenoxy) is 4. The standard InChI is InChI=1S/C45H82N2O10/c1-3-4-5-6-7-8-9-10-11-12-15-20-25-38(48)41(50)37(47-40(49)26-21-16-13-14-19-24-35-27-29-36(54-2)30-28-35)33-56-45-44(53)43(52)42(51)39(57-45)34-55-32-23-18-17-22-31-46/h27-30,37-39,41-45,48,50-53H,3-26,31-34,46H2,1-2H3,(H,47,49)/t37-,38+,39?,41-,42?,43?,44?,45?/m0/s1. The van der Waals surface area contributed by atoms with Gasteiger partial charge in [-0.05, 0) is 62.8 Å². The number of aliphatic hydroxyl groups is 5. The summed E-state index contributed by atoms with van der Waals surface area (Å²) in [5.74, 6) is 0.581. The van der Waals surface area contributed by atoms with E-state index < -0.39 is 49.0 Å². The third-order valence-corrected chi connectivity index (χ3v) is 11.2. The summed E-state index contributed by atoms with van der Waals surface area (Å²) in [6, 6.07) is 7.13. The van der Waals surface area contributed by atoms with Crippen molar-refractivity contribution < 1.29 is 49.3 Å². The number of unbranched alkanes of at least 4 members (excludes halogenated alkanes) is 18. The Morgan fingerprint density at radius 3 is 1.96 bits per heavy atom. The summed E-state index contributed by atoms with van der Waals surface area (Å²) < 4.78 is 22.6. The molecule has 57 heavy (non-hydrogen) atoms. The number of benzene rings is 1. The number of aliphatic hydroxyl groups excluding tert-OH is 5. The highest BCUT2D eigenvalue weighted by atomic mass is 16.7. The Morgan fingerprint density at radius 1 is 0.754 bits per heavy atom. The van der Waals surface area contributed by atoms with Gasteiger partial charge in [-0.25, -0.2) is 0 Å². The highest BCUT2D eigenvalue weighted by Gasteiger charge is 2.45. The topological polar surface area (TPSA) is 193 Å². The molecule has 1 aliphatic rings. The summed E-state index contributed by atoms with van der Waals surface area (Å²) in [4.78, 5) is 13.1. The van der Waals surface area contributed by atoms with E-state index in [0.717, 1.165) is 89.2 Å². The van der Waals surface area contributed by atoms with Crippen LogP contribution >= 0.6 is 0 Å². The molecule has 1 fully saturated rings. The number of hydrogen-bond acceptors (Lipinski definition) is 11. The van der Waals surface area contributed by atoms with Gasteiger partial charge in [-0.1, -0.05) is 128 Å². The van der Waals surface area contributed by atoms with Gasteiger partial charge in [-0.2, -0.15) is 0 Å². The zero-order chi connectivity index (χ0) is 41.5. The quantitative estimate of drug-likeness (QED) is 0.0380. The summed E-state index contributed by atoms with van der Waals surface area (Å²) in [6.45, 7) is 3.04. The van der Waals surface area contributed by atoms with Gasteiger partial charge in [-0.15, -0.1) is 0 Å². The van der Waals surface area contributed by atoms with E-state index in [1.807, 2.05) is 12.1 Å². The molecule has 0 saturated carbocycles. The first kappa shape index (κ1) is 51.3. The molecule has 12 heteroatoms. The molecule has 1 aromatic rings. The zero-order valence-electron chi connectivity index (χ0n) is 35.6. The molecule has 0 aromatic heterocycles. The minimum atomic E-state index is -1.57. The van der Waals surface area contributed by atoms with Crippen molar-refractivity contribution in [3.63, 3.8) is 0 Å². The maximum absolute atomic E-state index is 13.1. The van der Waals surface area contributed by atoms with Crippen LogP contribution in [0.3, 0.4) is 0 Å². The van der Waals surface area contributed by atoms with E-state index >= 15 is 0 Å². The molecule has 12 nitrogen and oxygen atoms in total. The van der Waals surface area contributed by atoms with Crippen LogP contribution in [0.5, 0.6) is 5.75 Å². The molecule has 0 aliphatic carbocycles. The van der Waals surface area contributed by atoms with Gasteiger partial charge in [0, 0.05) is 13.0 Å². The van der Waals surface area contributed by atoms with Crippen molar-refractivity contribution in [2.45, 2.75) is 210 Å². The highest BCUT2D eigenvalue weighted by molar-refractivity contribution is 5.76. The van der Waals surface area contributed by atoms with Gasteiger partial charge in [0.15, 0.2) is 6.29 Å². The number of carbonyl (C=O) groups is 1.